The number of amidine groups is 1. The molecule has 1 heterocycles. The van der Waals surface area contributed by atoms with E-state index >= 15 is 0 Å². The van der Waals surface area contributed by atoms with E-state index in [0.29, 0.717) is 5.69 Å². The quantitative estimate of drug-likeness (QED) is 0.525. The highest BCUT2D eigenvalue weighted by molar-refractivity contribution is 6.28. The van der Waals surface area contributed by atoms with Crippen molar-refractivity contribution in [2.24, 2.45) is 10.7 Å². The zero-order valence-electron chi connectivity index (χ0n) is 9.64. The highest BCUT2D eigenvalue weighted by Crippen LogP contribution is 2.20. The normalized spacial score (nSPS) is 11.8. The van der Waals surface area contributed by atoms with Gasteiger partial charge in [-0.05, 0) is 19.1 Å². The van der Waals surface area contributed by atoms with Crippen LogP contribution in [0.1, 0.15) is 5.69 Å². The van der Waals surface area contributed by atoms with Gasteiger partial charge in [0.25, 0.3) is 0 Å². The van der Waals surface area contributed by atoms with Crippen molar-refractivity contribution in [1.29, 1.82) is 0 Å². The molecule has 2 N–H and O–H groups in total. The number of hydrogen-bond acceptors (Lipinski definition) is 3. The van der Waals surface area contributed by atoms with Gasteiger partial charge < -0.3 is 5.73 Å². The van der Waals surface area contributed by atoms with Crippen LogP contribution >= 0.6 is 11.6 Å². The van der Waals surface area contributed by atoms with Gasteiger partial charge in [0.05, 0.1) is 23.5 Å². The van der Waals surface area contributed by atoms with Crippen LogP contribution in [0, 0.1) is 12.7 Å². The van der Waals surface area contributed by atoms with Crippen molar-refractivity contribution in [3.05, 3.63) is 35.9 Å². The van der Waals surface area contributed by atoms with Gasteiger partial charge in [-0.2, -0.15) is 0 Å². The molecular weight excluding hydrogens is 257 g/mol. The minimum Gasteiger partial charge on any atom is -0.386 e. The second-order valence-corrected chi connectivity index (χ2v) is 3.94. The molecule has 0 saturated heterocycles. The lowest BCUT2D eigenvalue weighted by atomic mass is 10.2. The zero-order valence-corrected chi connectivity index (χ0v) is 10.4. The Bertz CT molecular complexity index is 593. The molecule has 2 aromatic rings. The van der Waals surface area contributed by atoms with Crippen LogP contribution in [0.2, 0.25) is 0 Å². The maximum absolute atomic E-state index is 13.8. The topological polar surface area (TPSA) is 69.1 Å². The molecule has 0 fully saturated rings. The maximum atomic E-state index is 13.8. The van der Waals surface area contributed by atoms with E-state index in [-0.39, 0.29) is 17.4 Å². The predicted molar refractivity (Wildman–Crippen MR) is 68.1 cm³/mol. The van der Waals surface area contributed by atoms with Gasteiger partial charge in [-0.1, -0.05) is 5.21 Å². The van der Waals surface area contributed by atoms with Gasteiger partial charge in [-0.3, -0.25) is 0 Å². The highest BCUT2D eigenvalue weighted by Gasteiger charge is 2.06. The molecule has 0 spiro atoms. The Hall–Kier alpha value is -1.95. The number of hydrogen-bond donors (Lipinski definition) is 1. The molecule has 1 aromatic heterocycles. The smallest absolute Gasteiger partial charge is 0.151 e. The number of aromatic nitrogens is 3. The van der Waals surface area contributed by atoms with Crippen LogP contribution in [0.5, 0.6) is 0 Å². The molecule has 0 amide bonds. The van der Waals surface area contributed by atoms with Gasteiger partial charge in [0, 0.05) is 6.07 Å². The zero-order chi connectivity index (χ0) is 13.1. The molecule has 0 aliphatic rings. The molecule has 5 nitrogen and oxygen atoms in total. The Balaban J connectivity index is 2.36. The van der Waals surface area contributed by atoms with E-state index in [1.165, 1.54) is 16.8 Å². The Kier molecular flexibility index (Phi) is 3.57. The number of benzene rings is 1. The average Bonchev–Trinajstić information content (AvgIpc) is 2.78. The van der Waals surface area contributed by atoms with Crippen molar-refractivity contribution in [1.82, 2.24) is 15.0 Å². The predicted octanol–water partition coefficient (Wildman–Crippen LogP) is 1.94. The van der Waals surface area contributed by atoms with E-state index in [1.807, 2.05) is 0 Å². The van der Waals surface area contributed by atoms with Crippen molar-refractivity contribution in [2.75, 3.05) is 5.88 Å². The summed E-state index contributed by atoms with van der Waals surface area (Å²) in [5, 5.41) is 7.68. The second-order valence-electron chi connectivity index (χ2n) is 3.68. The van der Waals surface area contributed by atoms with Crippen molar-refractivity contribution in [2.45, 2.75) is 6.92 Å². The van der Waals surface area contributed by atoms with Gasteiger partial charge in [0.1, 0.15) is 11.5 Å². The van der Waals surface area contributed by atoms with Crippen LogP contribution in [0.4, 0.5) is 10.1 Å². The summed E-state index contributed by atoms with van der Waals surface area (Å²) in [5.41, 5.74) is 6.92. The summed E-state index contributed by atoms with van der Waals surface area (Å²) < 4.78 is 15.3. The van der Waals surface area contributed by atoms with E-state index in [9.17, 15) is 4.39 Å². The fraction of sp³-hybridized carbons (Fsp3) is 0.182. The minimum atomic E-state index is -0.492. The summed E-state index contributed by atoms with van der Waals surface area (Å²) in [4.78, 5) is 3.86. The van der Waals surface area contributed by atoms with Crippen molar-refractivity contribution in [3.63, 3.8) is 0 Å². The fourth-order valence-electron chi connectivity index (χ4n) is 1.39. The lowest BCUT2D eigenvalue weighted by Crippen LogP contribution is -2.12. The highest BCUT2D eigenvalue weighted by atomic mass is 35.5. The molecule has 0 atom stereocenters. The summed E-state index contributed by atoms with van der Waals surface area (Å²) in [5.74, 6) is -0.266. The Morgan fingerprint density at radius 1 is 1.56 bits per heavy atom. The molecule has 94 valence electrons. The number of rotatable bonds is 3. The van der Waals surface area contributed by atoms with Gasteiger partial charge >= 0.3 is 0 Å². The van der Waals surface area contributed by atoms with Gasteiger partial charge in [-0.25, -0.2) is 14.1 Å². The summed E-state index contributed by atoms with van der Waals surface area (Å²) in [6.07, 6.45) is 1.70. The molecule has 1 aromatic carbocycles. The first-order chi connectivity index (χ1) is 8.60. The Labute approximate surface area is 108 Å². The molecule has 0 saturated carbocycles. The number of nitrogens with zero attached hydrogens (tertiary/aromatic N) is 4. The lowest BCUT2D eigenvalue weighted by molar-refractivity contribution is 0.627. The van der Waals surface area contributed by atoms with E-state index in [4.69, 9.17) is 17.3 Å². The molecular formula is C11H11ClFN5. The van der Waals surface area contributed by atoms with Crippen molar-refractivity contribution in [3.8, 4) is 5.69 Å². The minimum absolute atomic E-state index is 0.0590. The largest absolute Gasteiger partial charge is 0.386 e. The summed E-state index contributed by atoms with van der Waals surface area (Å²) in [6.45, 7) is 1.81. The Morgan fingerprint density at radius 2 is 2.33 bits per heavy atom. The second kappa shape index (κ2) is 5.14. The summed E-state index contributed by atoms with van der Waals surface area (Å²) in [7, 11) is 0. The maximum Gasteiger partial charge on any atom is 0.151 e. The van der Waals surface area contributed by atoms with E-state index in [2.05, 4.69) is 15.3 Å². The standard InChI is InChI=1S/C11H11ClFN5/c1-7-6-18(17-16-7)8-2-3-10(9(13)4-8)15-11(14)5-12/h2-4,6H,5H2,1H3,(H2,14,15). The van der Waals surface area contributed by atoms with Gasteiger partial charge in [0.2, 0.25) is 0 Å². The SMILES string of the molecule is Cc1cn(-c2ccc(N=C(N)CCl)c(F)c2)nn1. The number of halogens is 2. The Morgan fingerprint density at radius 3 is 2.89 bits per heavy atom. The van der Waals surface area contributed by atoms with E-state index in [0.717, 1.165) is 5.69 Å². The molecule has 0 unspecified atom stereocenters. The van der Waals surface area contributed by atoms with Crippen LogP contribution in [-0.2, 0) is 0 Å². The van der Waals surface area contributed by atoms with E-state index < -0.39 is 5.82 Å². The van der Waals surface area contributed by atoms with Crippen molar-refractivity contribution < 1.29 is 4.39 Å². The summed E-state index contributed by atoms with van der Waals surface area (Å²) >= 11 is 5.48. The van der Waals surface area contributed by atoms with Gasteiger partial charge in [-0.15, -0.1) is 16.7 Å². The first-order valence-electron chi connectivity index (χ1n) is 5.18. The third-order valence-electron chi connectivity index (χ3n) is 2.20. The van der Waals surface area contributed by atoms with Crippen molar-refractivity contribution >= 4 is 23.1 Å². The van der Waals surface area contributed by atoms with Crippen LogP contribution in [0.3, 0.4) is 0 Å². The van der Waals surface area contributed by atoms with Crippen LogP contribution in [0.15, 0.2) is 29.4 Å². The molecule has 0 aliphatic carbocycles. The fourth-order valence-corrected chi connectivity index (χ4v) is 1.45. The number of nitrogens with two attached hydrogens (primary N) is 1. The number of aryl methyl sites for hydroxylation is 1. The molecule has 0 bridgehead atoms. The molecule has 2 rings (SSSR count). The van der Waals surface area contributed by atoms with E-state index in [1.54, 1.807) is 19.2 Å². The lowest BCUT2D eigenvalue weighted by Gasteiger charge is -2.03. The molecule has 18 heavy (non-hydrogen) atoms. The van der Waals surface area contributed by atoms with Crippen LogP contribution in [-0.4, -0.2) is 26.7 Å². The molecule has 7 heteroatoms. The average molecular weight is 268 g/mol. The third-order valence-corrected chi connectivity index (χ3v) is 2.48. The molecule has 0 radical (unpaired) electrons. The number of alkyl halides is 1. The molecule has 0 aliphatic heterocycles. The summed E-state index contributed by atoms with van der Waals surface area (Å²) in [6, 6.07) is 4.51. The first kappa shape index (κ1) is 12.5. The van der Waals surface area contributed by atoms with Crippen LogP contribution < -0.4 is 5.73 Å². The first-order valence-corrected chi connectivity index (χ1v) is 5.71. The number of aliphatic imine (C=N–C) groups is 1. The third kappa shape index (κ3) is 2.65. The van der Waals surface area contributed by atoms with Crippen LogP contribution in [0.25, 0.3) is 5.69 Å². The van der Waals surface area contributed by atoms with Gasteiger partial charge in [0.15, 0.2) is 5.82 Å². The monoisotopic (exact) mass is 267 g/mol.